The molecule has 0 radical (unpaired) electrons. The molecule has 1 N–H and O–H groups in total. The Labute approximate surface area is 93.8 Å². The Morgan fingerprint density at radius 3 is 2.40 bits per heavy atom. The van der Waals surface area contributed by atoms with Crippen molar-refractivity contribution >= 4 is 18.3 Å². The summed E-state index contributed by atoms with van der Waals surface area (Å²) in [6.45, 7) is 5.43. The van der Waals surface area contributed by atoms with Crippen LogP contribution in [0.1, 0.15) is 20.8 Å². The number of amides is 1. The van der Waals surface area contributed by atoms with Gasteiger partial charge in [0.2, 0.25) is 0 Å². The van der Waals surface area contributed by atoms with Crippen molar-refractivity contribution in [2.24, 2.45) is 0 Å². The van der Waals surface area contributed by atoms with Gasteiger partial charge in [-0.25, -0.2) is 10.2 Å². The molecule has 1 aromatic rings. The zero-order valence-corrected chi connectivity index (χ0v) is 9.80. The molecule has 1 aromatic heterocycles. The van der Waals surface area contributed by atoms with Crippen LogP contribution in [0.15, 0.2) is 24.5 Å². The van der Waals surface area contributed by atoms with Crippen molar-refractivity contribution < 1.29 is 9.53 Å². The highest BCUT2D eigenvalue weighted by molar-refractivity contribution is 7.71. The van der Waals surface area contributed by atoms with Gasteiger partial charge in [0.05, 0.1) is 0 Å². The molecule has 0 aliphatic carbocycles. The number of hydrogen-bond donors (Lipinski definition) is 1. The number of rotatable bonds is 1. The lowest BCUT2D eigenvalue weighted by atomic mass is 10.2. The lowest BCUT2D eigenvalue weighted by Crippen LogP contribution is -2.31. The van der Waals surface area contributed by atoms with Crippen molar-refractivity contribution in [2.75, 3.05) is 5.43 Å². The van der Waals surface area contributed by atoms with E-state index in [4.69, 9.17) is 17.0 Å². The van der Waals surface area contributed by atoms with E-state index in [0.29, 0.717) is 0 Å². The van der Waals surface area contributed by atoms with Gasteiger partial charge in [-0.1, -0.05) is 12.2 Å². The molecular weight excluding hydrogens is 212 g/mol. The maximum atomic E-state index is 11.3. The summed E-state index contributed by atoms with van der Waals surface area (Å²) in [6, 6.07) is 3.43. The molecule has 5 heteroatoms. The number of ether oxygens (including phenoxy) is 1. The number of nitrogens with zero attached hydrogens (tertiary/aromatic N) is 1. The second kappa shape index (κ2) is 4.44. The van der Waals surface area contributed by atoms with Crippen LogP contribution < -0.4 is 5.43 Å². The summed E-state index contributed by atoms with van der Waals surface area (Å²) in [5, 5.41) is 0. The van der Waals surface area contributed by atoms with Gasteiger partial charge in [0.15, 0.2) is 0 Å². The van der Waals surface area contributed by atoms with Gasteiger partial charge in [0.25, 0.3) is 0 Å². The van der Waals surface area contributed by atoms with Crippen LogP contribution in [0.4, 0.5) is 4.79 Å². The summed E-state index contributed by atoms with van der Waals surface area (Å²) >= 11 is 4.92. The summed E-state index contributed by atoms with van der Waals surface area (Å²) < 4.78 is 7.28. The number of carbonyl (C=O) groups is 1. The van der Waals surface area contributed by atoms with Crippen LogP contribution in [0.3, 0.4) is 0 Å². The third kappa shape index (κ3) is 4.60. The van der Waals surface area contributed by atoms with Gasteiger partial charge in [-0.2, -0.15) is 0 Å². The summed E-state index contributed by atoms with van der Waals surface area (Å²) in [7, 11) is 0. The van der Waals surface area contributed by atoms with E-state index in [9.17, 15) is 4.79 Å². The van der Waals surface area contributed by atoms with E-state index in [2.05, 4.69) is 5.43 Å². The molecule has 0 aromatic carbocycles. The molecule has 15 heavy (non-hydrogen) atoms. The summed E-state index contributed by atoms with van der Waals surface area (Å²) in [5.74, 6) is 0. The molecule has 0 aliphatic heterocycles. The van der Waals surface area contributed by atoms with Crippen molar-refractivity contribution in [3.8, 4) is 0 Å². The average molecular weight is 226 g/mol. The molecule has 0 spiro atoms. The zero-order chi connectivity index (χ0) is 11.5. The van der Waals surface area contributed by atoms with Gasteiger partial charge in [-0.05, 0) is 32.9 Å². The Balaban J connectivity index is 2.59. The quantitative estimate of drug-likeness (QED) is 0.749. The SMILES string of the molecule is CC(C)(C)OC(=O)Nn1ccc(=S)cc1. The first kappa shape index (κ1) is 11.7. The first-order valence-electron chi connectivity index (χ1n) is 4.55. The van der Waals surface area contributed by atoms with Crippen molar-refractivity contribution in [2.45, 2.75) is 26.4 Å². The monoisotopic (exact) mass is 226 g/mol. The predicted octanol–water partition coefficient (Wildman–Crippen LogP) is 2.70. The van der Waals surface area contributed by atoms with E-state index < -0.39 is 11.7 Å². The number of hydrogen-bond acceptors (Lipinski definition) is 3. The third-order valence-electron chi connectivity index (χ3n) is 1.42. The van der Waals surface area contributed by atoms with E-state index in [1.54, 1.807) is 24.5 Å². The topological polar surface area (TPSA) is 43.3 Å². The fourth-order valence-electron chi connectivity index (χ4n) is 0.894. The predicted molar refractivity (Wildman–Crippen MR) is 60.9 cm³/mol. The zero-order valence-electron chi connectivity index (χ0n) is 8.98. The van der Waals surface area contributed by atoms with Crippen LogP contribution in [0, 0.1) is 4.51 Å². The van der Waals surface area contributed by atoms with E-state index in [0.717, 1.165) is 4.51 Å². The lowest BCUT2D eigenvalue weighted by molar-refractivity contribution is 0.0613. The van der Waals surface area contributed by atoms with E-state index in [1.807, 2.05) is 20.8 Å². The fourth-order valence-corrected chi connectivity index (χ4v) is 1.02. The second-order valence-electron chi connectivity index (χ2n) is 4.05. The van der Waals surface area contributed by atoms with Crippen LogP contribution in [0.5, 0.6) is 0 Å². The summed E-state index contributed by atoms with van der Waals surface area (Å²) in [4.78, 5) is 11.3. The highest BCUT2D eigenvalue weighted by Gasteiger charge is 2.15. The smallest absolute Gasteiger partial charge is 0.426 e. The van der Waals surface area contributed by atoms with Gasteiger partial charge in [-0.3, -0.25) is 4.68 Å². The molecule has 0 unspecified atom stereocenters. The molecule has 1 amide bonds. The third-order valence-corrected chi connectivity index (χ3v) is 1.69. The van der Waals surface area contributed by atoms with Crippen molar-refractivity contribution in [3.63, 3.8) is 0 Å². The Morgan fingerprint density at radius 2 is 1.93 bits per heavy atom. The lowest BCUT2D eigenvalue weighted by Gasteiger charge is -2.20. The number of aromatic nitrogens is 1. The molecule has 0 aliphatic rings. The minimum Gasteiger partial charge on any atom is -0.443 e. The molecule has 0 bridgehead atoms. The van der Waals surface area contributed by atoms with Crippen LogP contribution in [-0.2, 0) is 4.74 Å². The van der Waals surface area contributed by atoms with Gasteiger partial charge < -0.3 is 4.74 Å². The first-order valence-corrected chi connectivity index (χ1v) is 4.96. The van der Waals surface area contributed by atoms with Crippen molar-refractivity contribution in [1.82, 2.24) is 4.68 Å². The standard InChI is InChI=1S/C10H14N2O2S/c1-10(2,3)14-9(13)11-12-6-4-8(15)5-7-12/h4-7H,1-3H3,(H,11,13). The Morgan fingerprint density at radius 1 is 1.40 bits per heavy atom. The maximum absolute atomic E-state index is 11.3. The maximum Gasteiger partial charge on any atom is 0.426 e. The van der Waals surface area contributed by atoms with E-state index >= 15 is 0 Å². The first-order chi connectivity index (χ1) is 6.87. The molecule has 1 heterocycles. The fraction of sp³-hybridized carbons (Fsp3) is 0.400. The number of carbonyl (C=O) groups excluding carboxylic acids is 1. The van der Waals surface area contributed by atoms with Gasteiger partial charge in [0, 0.05) is 16.9 Å². The summed E-state index contributed by atoms with van der Waals surface area (Å²) in [6.07, 6.45) is 2.82. The Bertz CT molecular complexity index is 386. The summed E-state index contributed by atoms with van der Waals surface area (Å²) in [5.41, 5.74) is 2.04. The molecule has 4 nitrogen and oxygen atoms in total. The molecule has 0 saturated carbocycles. The van der Waals surface area contributed by atoms with Gasteiger partial charge in [0.1, 0.15) is 5.60 Å². The van der Waals surface area contributed by atoms with Crippen LogP contribution in [-0.4, -0.2) is 16.4 Å². The Hall–Kier alpha value is -1.36. The van der Waals surface area contributed by atoms with Crippen LogP contribution >= 0.6 is 12.2 Å². The number of nitrogens with one attached hydrogen (secondary N) is 1. The van der Waals surface area contributed by atoms with E-state index in [-0.39, 0.29) is 0 Å². The second-order valence-corrected chi connectivity index (χ2v) is 4.53. The molecule has 0 saturated heterocycles. The average Bonchev–Trinajstić information content (AvgIpc) is 2.05. The van der Waals surface area contributed by atoms with Crippen LogP contribution in [0.2, 0.25) is 0 Å². The van der Waals surface area contributed by atoms with Crippen molar-refractivity contribution in [3.05, 3.63) is 29.0 Å². The van der Waals surface area contributed by atoms with Crippen LogP contribution in [0.25, 0.3) is 0 Å². The van der Waals surface area contributed by atoms with Gasteiger partial charge in [-0.15, -0.1) is 0 Å². The van der Waals surface area contributed by atoms with Crippen molar-refractivity contribution in [1.29, 1.82) is 0 Å². The molecule has 82 valence electrons. The Kier molecular flexibility index (Phi) is 3.47. The highest BCUT2D eigenvalue weighted by Crippen LogP contribution is 2.06. The molecule has 1 rings (SSSR count). The normalized spacial score (nSPS) is 10.9. The van der Waals surface area contributed by atoms with E-state index in [1.165, 1.54) is 4.68 Å². The highest BCUT2D eigenvalue weighted by atomic mass is 32.1. The minimum absolute atomic E-state index is 0.496. The van der Waals surface area contributed by atoms with Gasteiger partial charge >= 0.3 is 6.09 Å². The molecule has 0 atom stereocenters. The molecular formula is C10H14N2O2S. The minimum atomic E-state index is -0.497. The largest absolute Gasteiger partial charge is 0.443 e. The molecule has 0 fully saturated rings. The number of pyridine rings is 1.